The van der Waals surface area contributed by atoms with Crippen molar-refractivity contribution in [2.45, 2.75) is 40.5 Å². The van der Waals surface area contributed by atoms with Crippen LogP contribution in [0, 0.1) is 20.8 Å². The number of benzene rings is 1. The van der Waals surface area contributed by atoms with Crippen molar-refractivity contribution in [3.8, 4) is 5.69 Å². The molecule has 2 rings (SSSR count). The maximum atomic E-state index is 12.4. The van der Waals surface area contributed by atoms with Gasteiger partial charge in [-0.05, 0) is 51.9 Å². The summed E-state index contributed by atoms with van der Waals surface area (Å²) in [7, 11) is 0. The van der Waals surface area contributed by atoms with Crippen molar-refractivity contribution in [2.75, 3.05) is 13.1 Å². The van der Waals surface area contributed by atoms with Crippen LogP contribution in [0.4, 0.5) is 0 Å². The van der Waals surface area contributed by atoms with Crippen LogP contribution in [0.1, 0.15) is 47.1 Å². The Balaban J connectivity index is 2.19. The number of hydrogen-bond donors (Lipinski definition) is 1. The van der Waals surface area contributed by atoms with Gasteiger partial charge in [0.15, 0.2) is 5.78 Å². The van der Waals surface area contributed by atoms with Crippen molar-refractivity contribution in [3.63, 3.8) is 0 Å². The Labute approximate surface area is 133 Å². The molecule has 0 unspecified atom stereocenters. The quantitative estimate of drug-likeness (QED) is 0.620. The van der Waals surface area contributed by atoms with Crippen molar-refractivity contribution < 1.29 is 4.79 Å². The highest BCUT2D eigenvalue weighted by Gasteiger charge is 2.16. The van der Waals surface area contributed by atoms with E-state index < -0.39 is 0 Å². The number of carbonyl (C=O) groups excluding carboxylic acids is 1. The third-order valence-corrected chi connectivity index (χ3v) is 4.02. The Morgan fingerprint density at radius 2 is 1.82 bits per heavy atom. The molecule has 3 heteroatoms. The fourth-order valence-corrected chi connectivity index (χ4v) is 2.74. The van der Waals surface area contributed by atoms with Crippen LogP contribution in [0.15, 0.2) is 30.3 Å². The van der Waals surface area contributed by atoms with Gasteiger partial charge in [-0.15, -0.1) is 0 Å². The number of nitrogens with one attached hydrogen (secondary N) is 1. The number of rotatable bonds is 7. The van der Waals surface area contributed by atoms with E-state index in [4.69, 9.17) is 0 Å². The summed E-state index contributed by atoms with van der Waals surface area (Å²) in [6.45, 7) is 9.62. The van der Waals surface area contributed by atoms with Gasteiger partial charge in [-0.3, -0.25) is 4.79 Å². The fourth-order valence-electron chi connectivity index (χ4n) is 2.74. The van der Waals surface area contributed by atoms with E-state index in [1.54, 1.807) is 0 Å². The predicted molar refractivity (Wildman–Crippen MR) is 92.1 cm³/mol. The molecule has 0 aliphatic heterocycles. The van der Waals surface area contributed by atoms with Crippen LogP contribution >= 0.6 is 0 Å². The first-order valence-electron chi connectivity index (χ1n) is 8.04. The molecule has 1 heterocycles. The minimum atomic E-state index is 0.169. The molecule has 0 aliphatic carbocycles. The summed E-state index contributed by atoms with van der Waals surface area (Å²) in [5, 5.41) is 3.23. The zero-order valence-electron chi connectivity index (χ0n) is 14.1. The minimum Gasteiger partial charge on any atom is -0.318 e. The Hall–Kier alpha value is -1.87. The number of ketones is 1. The zero-order chi connectivity index (χ0) is 16.1. The molecule has 2 aromatic rings. The summed E-state index contributed by atoms with van der Waals surface area (Å²) in [5.41, 5.74) is 5.28. The van der Waals surface area contributed by atoms with Crippen molar-refractivity contribution in [2.24, 2.45) is 0 Å². The summed E-state index contributed by atoms with van der Waals surface area (Å²) in [6, 6.07) is 10.4. The number of unbranched alkanes of at least 4 members (excludes halogenated alkanes) is 1. The molecule has 1 N–H and O–H groups in total. The Morgan fingerprint density at radius 1 is 1.14 bits per heavy atom. The van der Waals surface area contributed by atoms with Crippen LogP contribution in [0.2, 0.25) is 0 Å². The van der Waals surface area contributed by atoms with Crippen LogP contribution in [-0.2, 0) is 0 Å². The molecule has 0 fully saturated rings. The van der Waals surface area contributed by atoms with Gasteiger partial charge in [0.2, 0.25) is 0 Å². The summed E-state index contributed by atoms with van der Waals surface area (Å²) in [5.74, 6) is 0.169. The number of aryl methyl sites for hydroxylation is 2. The lowest BCUT2D eigenvalue weighted by Gasteiger charge is -2.10. The average molecular weight is 298 g/mol. The van der Waals surface area contributed by atoms with Gasteiger partial charge in [0.1, 0.15) is 0 Å². The first-order valence-corrected chi connectivity index (χ1v) is 8.04. The van der Waals surface area contributed by atoms with Crippen molar-refractivity contribution >= 4 is 5.78 Å². The summed E-state index contributed by atoms with van der Waals surface area (Å²) in [4.78, 5) is 12.4. The van der Waals surface area contributed by atoms with E-state index >= 15 is 0 Å². The topological polar surface area (TPSA) is 34.0 Å². The highest BCUT2D eigenvalue weighted by molar-refractivity contribution is 5.99. The maximum absolute atomic E-state index is 12.4. The van der Waals surface area contributed by atoms with Gasteiger partial charge in [0.25, 0.3) is 0 Å². The number of carbonyl (C=O) groups is 1. The van der Waals surface area contributed by atoms with E-state index in [1.165, 1.54) is 5.56 Å². The minimum absolute atomic E-state index is 0.169. The van der Waals surface area contributed by atoms with E-state index in [2.05, 4.69) is 48.0 Å². The van der Waals surface area contributed by atoms with Gasteiger partial charge in [0.05, 0.1) is 6.54 Å². The standard InChI is InChI=1S/C19H26N2O/c1-5-6-11-20-13-19(22)18-12-15(3)21(16(18)4)17-9-7-14(2)8-10-17/h7-10,12,20H,5-6,11,13H2,1-4H3. The van der Waals surface area contributed by atoms with Crippen LogP contribution in [0.3, 0.4) is 0 Å². The maximum Gasteiger partial charge on any atom is 0.178 e. The molecule has 0 bridgehead atoms. The summed E-state index contributed by atoms with van der Waals surface area (Å²) in [6.07, 6.45) is 2.25. The average Bonchev–Trinajstić information content (AvgIpc) is 2.80. The first kappa shape index (κ1) is 16.5. The highest BCUT2D eigenvalue weighted by Crippen LogP contribution is 2.21. The molecule has 22 heavy (non-hydrogen) atoms. The number of hydrogen-bond acceptors (Lipinski definition) is 2. The van der Waals surface area contributed by atoms with Gasteiger partial charge in [-0.25, -0.2) is 0 Å². The lowest BCUT2D eigenvalue weighted by molar-refractivity contribution is 0.0990. The molecule has 0 saturated heterocycles. The number of aromatic nitrogens is 1. The molecule has 1 aromatic carbocycles. The van der Waals surface area contributed by atoms with Gasteiger partial charge in [-0.1, -0.05) is 31.0 Å². The van der Waals surface area contributed by atoms with E-state index in [1.807, 2.05) is 19.9 Å². The Kier molecular flexibility index (Phi) is 5.56. The van der Waals surface area contributed by atoms with Gasteiger partial charge in [0, 0.05) is 22.6 Å². The molecule has 1 aromatic heterocycles. The monoisotopic (exact) mass is 298 g/mol. The second-order valence-electron chi connectivity index (χ2n) is 5.91. The van der Waals surface area contributed by atoms with Crippen LogP contribution in [0.5, 0.6) is 0 Å². The summed E-state index contributed by atoms with van der Waals surface area (Å²) >= 11 is 0. The van der Waals surface area contributed by atoms with E-state index in [0.717, 1.165) is 42.0 Å². The number of Topliss-reactive ketones (excluding diaryl/α,β-unsaturated/α-hetero) is 1. The van der Waals surface area contributed by atoms with Gasteiger partial charge < -0.3 is 9.88 Å². The smallest absolute Gasteiger partial charge is 0.178 e. The Bertz CT molecular complexity index is 638. The van der Waals surface area contributed by atoms with Crippen LogP contribution in [-0.4, -0.2) is 23.4 Å². The lowest BCUT2D eigenvalue weighted by atomic mass is 10.1. The third kappa shape index (κ3) is 3.66. The van der Waals surface area contributed by atoms with Crippen molar-refractivity contribution in [3.05, 3.63) is 52.8 Å². The van der Waals surface area contributed by atoms with Crippen molar-refractivity contribution in [1.82, 2.24) is 9.88 Å². The van der Waals surface area contributed by atoms with E-state index in [9.17, 15) is 4.79 Å². The molecular weight excluding hydrogens is 272 g/mol. The second kappa shape index (κ2) is 7.41. The van der Waals surface area contributed by atoms with E-state index in [0.29, 0.717) is 6.54 Å². The molecule has 0 atom stereocenters. The molecule has 3 nitrogen and oxygen atoms in total. The normalized spacial score (nSPS) is 10.9. The van der Waals surface area contributed by atoms with Gasteiger partial charge in [-0.2, -0.15) is 0 Å². The van der Waals surface area contributed by atoms with E-state index in [-0.39, 0.29) is 5.78 Å². The van der Waals surface area contributed by atoms with Gasteiger partial charge >= 0.3 is 0 Å². The second-order valence-corrected chi connectivity index (χ2v) is 5.91. The zero-order valence-corrected chi connectivity index (χ0v) is 14.1. The Morgan fingerprint density at radius 3 is 2.45 bits per heavy atom. The molecular formula is C19H26N2O. The predicted octanol–water partition coefficient (Wildman–Crippen LogP) is 3.97. The highest BCUT2D eigenvalue weighted by atomic mass is 16.1. The SMILES string of the molecule is CCCCNCC(=O)c1cc(C)n(-c2ccc(C)cc2)c1C. The molecule has 0 spiro atoms. The molecule has 0 saturated carbocycles. The largest absolute Gasteiger partial charge is 0.318 e. The van der Waals surface area contributed by atoms with Crippen LogP contribution < -0.4 is 5.32 Å². The van der Waals surface area contributed by atoms with Crippen molar-refractivity contribution in [1.29, 1.82) is 0 Å². The summed E-state index contributed by atoms with van der Waals surface area (Å²) < 4.78 is 2.15. The molecule has 0 aliphatic rings. The first-order chi connectivity index (χ1) is 10.5. The van der Waals surface area contributed by atoms with Crippen LogP contribution in [0.25, 0.3) is 5.69 Å². The number of nitrogens with zero attached hydrogens (tertiary/aromatic N) is 1. The molecule has 0 radical (unpaired) electrons. The molecule has 118 valence electrons. The lowest BCUT2D eigenvalue weighted by Crippen LogP contribution is -2.24. The fraction of sp³-hybridized carbons (Fsp3) is 0.421. The molecule has 0 amide bonds. The third-order valence-electron chi connectivity index (χ3n) is 4.02.